The van der Waals surface area contributed by atoms with E-state index in [1.807, 2.05) is 4.68 Å². The number of hydrogen-bond donors (Lipinski definition) is 0. The van der Waals surface area contributed by atoms with E-state index in [0.29, 0.717) is 0 Å². The van der Waals surface area contributed by atoms with Crippen LogP contribution < -0.4 is 5.46 Å². The van der Waals surface area contributed by atoms with Gasteiger partial charge in [-0.25, -0.2) is 4.68 Å². The first-order valence-corrected chi connectivity index (χ1v) is 9.44. The van der Waals surface area contributed by atoms with Crippen molar-refractivity contribution in [2.45, 2.75) is 64.4 Å². The van der Waals surface area contributed by atoms with E-state index in [0.717, 1.165) is 41.5 Å². The summed E-state index contributed by atoms with van der Waals surface area (Å²) < 4.78 is 20.3. The summed E-state index contributed by atoms with van der Waals surface area (Å²) in [6.07, 6.45) is 5.09. The molecule has 0 bridgehead atoms. The van der Waals surface area contributed by atoms with Crippen molar-refractivity contribution < 1.29 is 14.0 Å². The molecule has 4 rings (SSSR count). The third-order valence-corrected chi connectivity index (χ3v) is 5.91. The van der Waals surface area contributed by atoms with Crippen molar-refractivity contribution in [3.63, 3.8) is 0 Å². The normalized spacial score (nSPS) is 24.9. The van der Waals surface area contributed by atoms with Gasteiger partial charge >= 0.3 is 7.12 Å². The van der Waals surface area contributed by atoms with Crippen molar-refractivity contribution in [3.8, 4) is 0 Å². The molecule has 1 aromatic heterocycles. The van der Waals surface area contributed by atoms with Crippen molar-refractivity contribution in [1.29, 1.82) is 0 Å². The van der Waals surface area contributed by atoms with Gasteiger partial charge in [0.1, 0.15) is 0 Å². The molecule has 26 heavy (non-hydrogen) atoms. The highest BCUT2D eigenvalue weighted by atomic mass is 16.7. The molecule has 2 aromatic rings. The third kappa shape index (κ3) is 2.80. The second-order valence-corrected chi connectivity index (χ2v) is 8.22. The maximum atomic E-state index is 6.20. The first kappa shape index (κ1) is 17.8. The van der Waals surface area contributed by atoms with Crippen LogP contribution in [0.2, 0.25) is 0 Å². The lowest BCUT2D eigenvalue weighted by Crippen LogP contribution is -2.41. The highest BCUT2D eigenvalue weighted by molar-refractivity contribution is 6.62. The van der Waals surface area contributed by atoms with Crippen LogP contribution in [-0.4, -0.2) is 34.7 Å². The van der Waals surface area contributed by atoms with Crippen LogP contribution in [0, 0.1) is 0 Å². The van der Waals surface area contributed by atoms with Crippen molar-refractivity contribution in [2.75, 3.05) is 6.61 Å². The molecule has 2 aliphatic rings. The molecular weight excluding hydrogens is 327 g/mol. The molecule has 2 aliphatic heterocycles. The third-order valence-electron chi connectivity index (χ3n) is 5.91. The zero-order valence-electron chi connectivity index (χ0n) is 16.1. The Bertz CT molecular complexity index is 821. The van der Waals surface area contributed by atoms with Crippen LogP contribution in [0.25, 0.3) is 17.0 Å². The summed E-state index contributed by atoms with van der Waals surface area (Å²) >= 11 is 0. The van der Waals surface area contributed by atoms with Gasteiger partial charge in [0.2, 0.25) is 0 Å². The zero-order chi connectivity index (χ0) is 18.5. The van der Waals surface area contributed by atoms with E-state index in [4.69, 9.17) is 19.1 Å². The number of fused-ring (bicyclic) bond motifs is 1. The summed E-state index contributed by atoms with van der Waals surface area (Å²) in [6.45, 7) is 13.0. The Balaban J connectivity index is 1.73. The minimum Gasteiger partial charge on any atom is -0.399 e. The molecule has 0 spiro atoms. The van der Waals surface area contributed by atoms with Crippen LogP contribution in [-0.2, 0) is 14.0 Å². The van der Waals surface area contributed by atoms with Gasteiger partial charge in [0.25, 0.3) is 0 Å². The van der Waals surface area contributed by atoms with Crippen LogP contribution in [0.4, 0.5) is 0 Å². The van der Waals surface area contributed by atoms with E-state index < -0.39 is 0 Å². The average molecular weight is 354 g/mol. The maximum Gasteiger partial charge on any atom is 0.494 e. The summed E-state index contributed by atoms with van der Waals surface area (Å²) in [5.74, 6) is 0. The average Bonchev–Trinajstić information content (AvgIpc) is 3.09. The predicted molar refractivity (Wildman–Crippen MR) is 104 cm³/mol. The van der Waals surface area contributed by atoms with E-state index in [2.05, 4.69) is 52.5 Å². The fraction of sp³-hybridized carbons (Fsp3) is 0.550. The van der Waals surface area contributed by atoms with Gasteiger partial charge in [0, 0.05) is 12.0 Å². The van der Waals surface area contributed by atoms with Gasteiger partial charge in [-0.05, 0) is 64.6 Å². The molecule has 0 saturated carbocycles. The van der Waals surface area contributed by atoms with Gasteiger partial charge < -0.3 is 14.0 Å². The molecule has 1 aromatic carbocycles. The first-order chi connectivity index (χ1) is 12.3. The van der Waals surface area contributed by atoms with Crippen LogP contribution in [0.1, 0.15) is 58.9 Å². The molecule has 0 radical (unpaired) electrons. The Hall–Kier alpha value is -1.63. The standard InChI is InChI=1S/C20H27BN2O3/c1-6-16-15-13-14(21-25-19(2,3)20(4,5)26-21)10-11-17(15)23(22-16)18-9-7-8-12-24-18/h6,10-11,13,18H,1,7-9,12H2,2-5H3. The second-order valence-electron chi connectivity index (χ2n) is 8.22. The summed E-state index contributed by atoms with van der Waals surface area (Å²) in [4.78, 5) is 0. The lowest BCUT2D eigenvalue weighted by atomic mass is 9.78. The van der Waals surface area contributed by atoms with Crippen LogP contribution in [0.15, 0.2) is 24.8 Å². The molecule has 0 aliphatic carbocycles. The van der Waals surface area contributed by atoms with Gasteiger partial charge in [0.05, 0.1) is 22.4 Å². The summed E-state index contributed by atoms with van der Waals surface area (Å²) in [7, 11) is -0.378. The highest BCUT2D eigenvalue weighted by Gasteiger charge is 2.51. The zero-order valence-corrected chi connectivity index (χ0v) is 16.1. The molecule has 6 heteroatoms. The lowest BCUT2D eigenvalue weighted by molar-refractivity contribution is -0.0367. The largest absolute Gasteiger partial charge is 0.494 e. The van der Waals surface area contributed by atoms with E-state index in [-0.39, 0.29) is 24.5 Å². The number of ether oxygens (including phenoxy) is 1. The number of rotatable bonds is 3. The molecule has 3 heterocycles. The highest BCUT2D eigenvalue weighted by Crippen LogP contribution is 2.37. The Kier molecular flexibility index (Phi) is 4.25. The predicted octanol–water partition coefficient (Wildman–Crippen LogP) is 3.68. The SMILES string of the molecule is C=Cc1nn(C2CCCCO2)c2ccc(B3OC(C)(C)C(C)(C)O3)cc12. The smallest absolute Gasteiger partial charge is 0.399 e. The van der Waals surface area contributed by atoms with Gasteiger partial charge in [-0.2, -0.15) is 5.10 Å². The van der Waals surface area contributed by atoms with E-state index in [1.54, 1.807) is 6.08 Å². The number of aromatic nitrogens is 2. The molecule has 1 atom stereocenters. The van der Waals surface area contributed by atoms with Crippen molar-refractivity contribution >= 4 is 29.6 Å². The van der Waals surface area contributed by atoms with Crippen LogP contribution in [0.3, 0.4) is 0 Å². The van der Waals surface area contributed by atoms with Crippen molar-refractivity contribution in [2.24, 2.45) is 0 Å². The fourth-order valence-electron chi connectivity index (χ4n) is 3.60. The molecule has 0 N–H and O–H groups in total. The molecule has 138 valence electrons. The molecule has 2 saturated heterocycles. The maximum absolute atomic E-state index is 6.20. The topological polar surface area (TPSA) is 45.5 Å². The van der Waals surface area contributed by atoms with Gasteiger partial charge in [0.15, 0.2) is 6.23 Å². The summed E-state index contributed by atoms with van der Waals surface area (Å²) in [6, 6.07) is 6.27. The molecule has 2 fully saturated rings. The molecule has 0 amide bonds. The van der Waals surface area contributed by atoms with Gasteiger partial charge in [-0.3, -0.25) is 0 Å². The van der Waals surface area contributed by atoms with Crippen molar-refractivity contribution in [3.05, 3.63) is 30.5 Å². The summed E-state index contributed by atoms with van der Waals surface area (Å²) in [5, 5.41) is 5.81. The quantitative estimate of drug-likeness (QED) is 0.789. The molecule has 1 unspecified atom stereocenters. The Morgan fingerprint density at radius 1 is 1.19 bits per heavy atom. The second kappa shape index (κ2) is 6.22. The number of benzene rings is 1. The van der Waals surface area contributed by atoms with E-state index >= 15 is 0 Å². The molecule has 5 nitrogen and oxygen atoms in total. The Morgan fingerprint density at radius 2 is 1.92 bits per heavy atom. The van der Waals surface area contributed by atoms with Crippen LogP contribution in [0.5, 0.6) is 0 Å². The van der Waals surface area contributed by atoms with E-state index in [9.17, 15) is 0 Å². The number of nitrogens with zero attached hydrogens (tertiary/aromatic N) is 2. The molecular formula is C20H27BN2O3. The Morgan fingerprint density at radius 3 is 2.54 bits per heavy atom. The van der Waals surface area contributed by atoms with E-state index in [1.165, 1.54) is 6.42 Å². The Labute approximate surface area is 155 Å². The van der Waals surface area contributed by atoms with Gasteiger partial charge in [-0.15, -0.1) is 0 Å². The van der Waals surface area contributed by atoms with Crippen molar-refractivity contribution in [1.82, 2.24) is 9.78 Å². The minimum atomic E-state index is -0.378. The van der Waals surface area contributed by atoms with Crippen LogP contribution >= 0.6 is 0 Å². The van der Waals surface area contributed by atoms with Gasteiger partial charge in [-0.1, -0.05) is 18.7 Å². The fourth-order valence-corrected chi connectivity index (χ4v) is 3.60. The first-order valence-electron chi connectivity index (χ1n) is 9.44. The summed E-state index contributed by atoms with van der Waals surface area (Å²) in [5.41, 5.74) is 2.23. The minimum absolute atomic E-state index is 0.00245. The lowest BCUT2D eigenvalue weighted by Gasteiger charge is -2.32. The monoisotopic (exact) mass is 354 g/mol. The number of hydrogen-bond acceptors (Lipinski definition) is 4.